The minimum Gasteiger partial charge on any atom is -0.370 e. The van der Waals surface area contributed by atoms with E-state index in [0.29, 0.717) is 5.56 Å². The Hall–Kier alpha value is -3.41. The lowest BCUT2D eigenvalue weighted by Gasteiger charge is -2.33. The third-order valence-corrected chi connectivity index (χ3v) is 5.73. The van der Waals surface area contributed by atoms with Crippen LogP contribution in [0.3, 0.4) is 0 Å². The van der Waals surface area contributed by atoms with Gasteiger partial charge in [0.05, 0.1) is 22.5 Å². The summed E-state index contributed by atoms with van der Waals surface area (Å²) in [5.74, 6) is -0.459. The zero-order chi connectivity index (χ0) is 21.3. The van der Waals surface area contributed by atoms with Crippen molar-refractivity contribution in [3.63, 3.8) is 0 Å². The lowest BCUT2D eigenvalue weighted by atomic mass is 9.96. The normalized spacial score (nSPS) is 14.7. The molecule has 6 nitrogen and oxygen atoms in total. The molecular weight excluding hydrogens is 376 g/mol. The van der Waals surface area contributed by atoms with Crippen molar-refractivity contribution in [2.75, 3.05) is 23.3 Å². The zero-order valence-electron chi connectivity index (χ0n) is 17.3. The van der Waals surface area contributed by atoms with Crippen molar-refractivity contribution in [2.45, 2.75) is 26.7 Å². The molecule has 0 spiro atoms. The number of piperidine rings is 1. The fraction of sp³-hybridized carbons (Fsp3) is 0.292. The number of carbonyl (C=O) groups excluding carboxylic acids is 2. The molecule has 1 aliphatic heterocycles. The number of nitrogens with zero attached hydrogens (tertiary/aromatic N) is 2. The van der Waals surface area contributed by atoms with Crippen molar-refractivity contribution in [1.82, 2.24) is 4.98 Å². The highest BCUT2D eigenvalue weighted by molar-refractivity contribution is 6.13. The van der Waals surface area contributed by atoms with E-state index < -0.39 is 0 Å². The van der Waals surface area contributed by atoms with Crippen LogP contribution < -0.4 is 16.0 Å². The number of aromatic nitrogens is 1. The van der Waals surface area contributed by atoms with Crippen LogP contribution in [0.4, 0.5) is 11.4 Å². The summed E-state index contributed by atoms with van der Waals surface area (Å²) in [6.45, 7) is 5.37. The number of rotatable bonds is 4. The first-order valence-electron chi connectivity index (χ1n) is 10.2. The van der Waals surface area contributed by atoms with Gasteiger partial charge in [-0.15, -0.1) is 0 Å². The van der Waals surface area contributed by atoms with Crippen LogP contribution in [0.15, 0.2) is 48.5 Å². The third-order valence-electron chi connectivity index (χ3n) is 5.73. The Balaban J connectivity index is 1.62. The maximum atomic E-state index is 13.2. The van der Waals surface area contributed by atoms with E-state index in [1.54, 1.807) is 0 Å². The van der Waals surface area contributed by atoms with Crippen LogP contribution in [0.5, 0.6) is 0 Å². The number of fused-ring (bicyclic) bond motifs is 1. The number of anilines is 2. The Labute approximate surface area is 176 Å². The molecule has 1 saturated heterocycles. The van der Waals surface area contributed by atoms with Gasteiger partial charge in [-0.3, -0.25) is 14.6 Å². The van der Waals surface area contributed by atoms with E-state index in [1.807, 2.05) is 62.4 Å². The molecule has 6 heteroatoms. The number of hydrogen-bond donors (Lipinski definition) is 2. The van der Waals surface area contributed by atoms with Crippen molar-refractivity contribution in [3.05, 3.63) is 65.4 Å². The molecule has 0 saturated carbocycles. The van der Waals surface area contributed by atoms with Crippen LogP contribution in [0.25, 0.3) is 10.9 Å². The number of nitrogens with one attached hydrogen (secondary N) is 1. The Kier molecular flexibility index (Phi) is 5.40. The minimum absolute atomic E-state index is 0.0719. The average molecular weight is 402 g/mol. The summed E-state index contributed by atoms with van der Waals surface area (Å²) >= 11 is 0. The van der Waals surface area contributed by atoms with E-state index in [4.69, 9.17) is 5.73 Å². The summed E-state index contributed by atoms with van der Waals surface area (Å²) in [6, 6.07) is 15.6. The molecular formula is C24H26N4O2. The molecule has 1 aliphatic rings. The molecule has 0 aliphatic carbocycles. The van der Waals surface area contributed by atoms with E-state index in [1.165, 1.54) is 0 Å². The van der Waals surface area contributed by atoms with Crippen LogP contribution in [-0.2, 0) is 4.79 Å². The molecule has 3 N–H and O–H groups in total. The molecule has 0 bridgehead atoms. The molecule has 0 radical (unpaired) electrons. The summed E-state index contributed by atoms with van der Waals surface area (Å²) in [5, 5.41) is 3.94. The number of amides is 2. The van der Waals surface area contributed by atoms with E-state index in [2.05, 4.69) is 15.2 Å². The highest BCUT2D eigenvalue weighted by atomic mass is 16.2. The van der Waals surface area contributed by atoms with Gasteiger partial charge in [-0.05, 0) is 57.0 Å². The predicted molar refractivity (Wildman–Crippen MR) is 120 cm³/mol. The van der Waals surface area contributed by atoms with Crippen molar-refractivity contribution in [2.24, 2.45) is 11.7 Å². The molecule has 1 aromatic heterocycles. The van der Waals surface area contributed by atoms with Crippen LogP contribution >= 0.6 is 0 Å². The van der Waals surface area contributed by atoms with Crippen LogP contribution in [0.1, 0.15) is 34.5 Å². The Bertz CT molecular complexity index is 1120. The summed E-state index contributed by atoms with van der Waals surface area (Å²) in [7, 11) is 0. The first-order valence-corrected chi connectivity index (χ1v) is 10.2. The third kappa shape index (κ3) is 3.99. The van der Waals surface area contributed by atoms with E-state index in [0.717, 1.165) is 59.5 Å². The van der Waals surface area contributed by atoms with Gasteiger partial charge in [-0.25, -0.2) is 0 Å². The topological polar surface area (TPSA) is 88.3 Å². The van der Waals surface area contributed by atoms with Gasteiger partial charge >= 0.3 is 0 Å². The summed E-state index contributed by atoms with van der Waals surface area (Å²) in [6.07, 6.45) is 1.45. The number of aryl methyl sites for hydroxylation is 2. The van der Waals surface area contributed by atoms with Crippen LogP contribution in [-0.4, -0.2) is 29.9 Å². The van der Waals surface area contributed by atoms with Gasteiger partial charge in [-0.2, -0.15) is 0 Å². The highest BCUT2D eigenvalue weighted by Gasteiger charge is 2.25. The molecule has 2 heterocycles. The molecule has 2 amide bonds. The van der Waals surface area contributed by atoms with E-state index in [-0.39, 0.29) is 17.7 Å². The molecule has 4 rings (SSSR count). The second-order valence-corrected chi connectivity index (χ2v) is 7.97. The number of nitrogens with two attached hydrogens (primary N) is 1. The first kappa shape index (κ1) is 19.9. The number of primary amides is 1. The maximum absolute atomic E-state index is 13.2. The van der Waals surface area contributed by atoms with E-state index in [9.17, 15) is 9.59 Å². The van der Waals surface area contributed by atoms with E-state index >= 15 is 0 Å². The van der Waals surface area contributed by atoms with Gasteiger partial charge in [0.2, 0.25) is 5.91 Å². The molecule has 2 aromatic carbocycles. The lowest BCUT2D eigenvalue weighted by molar-refractivity contribution is -0.122. The smallest absolute Gasteiger partial charge is 0.256 e. The molecule has 154 valence electrons. The van der Waals surface area contributed by atoms with Gasteiger partial charge in [-0.1, -0.05) is 23.8 Å². The summed E-state index contributed by atoms with van der Waals surface area (Å²) in [5.41, 5.74) is 10.5. The highest BCUT2D eigenvalue weighted by Crippen LogP contribution is 2.31. The van der Waals surface area contributed by atoms with Gasteiger partial charge < -0.3 is 16.0 Å². The van der Waals surface area contributed by atoms with Crippen molar-refractivity contribution in [3.8, 4) is 0 Å². The quantitative estimate of drug-likeness (QED) is 0.695. The molecule has 0 unspecified atom stereocenters. The molecule has 3 aromatic rings. The molecule has 1 fully saturated rings. The van der Waals surface area contributed by atoms with Crippen LogP contribution in [0.2, 0.25) is 0 Å². The maximum Gasteiger partial charge on any atom is 0.256 e. The number of pyridine rings is 1. The van der Waals surface area contributed by atoms with Gasteiger partial charge in [0, 0.05) is 30.1 Å². The summed E-state index contributed by atoms with van der Waals surface area (Å²) in [4.78, 5) is 31.5. The second-order valence-electron chi connectivity index (χ2n) is 7.97. The second kappa shape index (κ2) is 8.14. The minimum atomic E-state index is -0.230. The standard InChI is InChI=1S/C24H26N4O2/c1-15-7-8-20-18(13-15)19(14-16(2)26-20)24(30)27-21-5-3-4-6-22(21)28-11-9-17(10-12-28)23(25)29/h3-8,13-14,17H,9-12H2,1-2H3,(H2,25,29)(H,27,30). The molecule has 30 heavy (non-hydrogen) atoms. The number of hydrogen-bond acceptors (Lipinski definition) is 4. The largest absolute Gasteiger partial charge is 0.370 e. The van der Waals surface area contributed by atoms with Gasteiger partial charge in [0.1, 0.15) is 0 Å². The molecule has 0 atom stereocenters. The van der Waals surface area contributed by atoms with Crippen molar-refractivity contribution < 1.29 is 9.59 Å². The van der Waals surface area contributed by atoms with Gasteiger partial charge in [0.25, 0.3) is 5.91 Å². The monoisotopic (exact) mass is 402 g/mol. The van der Waals surface area contributed by atoms with Gasteiger partial charge in [0.15, 0.2) is 0 Å². The fourth-order valence-electron chi connectivity index (χ4n) is 4.11. The Morgan fingerprint density at radius 2 is 1.80 bits per heavy atom. The lowest BCUT2D eigenvalue weighted by Crippen LogP contribution is -2.38. The first-order chi connectivity index (χ1) is 14.4. The van der Waals surface area contributed by atoms with Crippen molar-refractivity contribution >= 4 is 34.1 Å². The fourth-order valence-corrected chi connectivity index (χ4v) is 4.11. The zero-order valence-corrected chi connectivity index (χ0v) is 17.3. The Morgan fingerprint density at radius 3 is 2.53 bits per heavy atom. The number of benzene rings is 2. The van der Waals surface area contributed by atoms with Crippen LogP contribution in [0, 0.1) is 19.8 Å². The predicted octanol–water partition coefficient (Wildman–Crippen LogP) is 3.81. The Morgan fingerprint density at radius 1 is 1.07 bits per heavy atom. The average Bonchev–Trinajstić information content (AvgIpc) is 2.74. The number of carbonyl (C=O) groups is 2. The van der Waals surface area contributed by atoms with Crippen molar-refractivity contribution in [1.29, 1.82) is 0 Å². The number of para-hydroxylation sites is 2. The SMILES string of the molecule is Cc1ccc2nc(C)cc(C(=O)Nc3ccccc3N3CCC(C(N)=O)CC3)c2c1. The summed E-state index contributed by atoms with van der Waals surface area (Å²) < 4.78 is 0.